The summed E-state index contributed by atoms with van der Waals surface area (Å²) in [6.45, 7) is 4.07. The van der Waals surface area contributed by atoms with E-state index in [1.54, 1.807) is 0 Å². The Labute approximate surface area is 103 Å². The maximum Gasteiger partial charge on any atom is 0.126 e. The van der Waals surface area contributed by atoms with Crippen molar-refractivity contribution >= 4 is 0 Å². The molecule has 1 aliphatic rings. The van der Waals surface area contributed by atoms with Crippen molar-refractivity contribution in [2.24, 2.45) is 5.73 Å². The Hall–Kier alpha value is -1.06. The lowest BCUT2D eigenvalue weighted by molar-refractivity contribution is -0.0113. The first-order chi connectivity index (χ1) is 8.31. The Morgan fingerprint density at radius 1 is 1.41 bits per heavy atom. The highest BCUT2D eigenvalue weighted by Gasteiger charge is 2.15. The van der Waals surface area contributed by atoms with E-state index < -0.39 is 0 Å². The van der Waals surface area contributed by atoms with Crippen molar-refractivity contribution < 1.29 is 9.47 Å². The molecule has 3 heteroatoms. The molecule has 17 heavy (non-hydrogen) atoms. The van der Waals surface area contributed by atoms with Crippen molar-refractivity contribution in [2.75, 3.05) is 13.2 Å². The van der Waals surface area contributed by atoms with Gasteiger partial charge in [-0.25, -0.2) is 0 Å². The van der Waals surface area contributed by atoms with E-state index in [9.17, 15) is 0 Å². The van der Waals surface area contributed by atoms with E-state index in [1.807, 2.05) is 12.1 Å². The highest BCUT2D eigenvalue weighted by molar-refractivity contribution is 5.40. The van der Waals surface area contributed by atoms with Gasteiger partial charge in [0.1, 0.15) is 12.4 Å². The lowest BCUT2D eigenvalue weighted by atomic mass is 10.1. The fourth-order valence-corrected chi connectivity index (χ4v) is 2.20. The second-order valence-electron chi connectivity index (χ2n) is 4.57. The lowest BCUT2D eigenvalue weighted by Crippen LogP contribution is -2.26. The normalized spacial score (nSPS) is 20.2. The maximum absolute atomic E-state index is 5.89. The zero-order valence-electron chi connectivity index (χ0n) is 10.4. The third kappa shape index (κ3) is 3.20. The van der Waals surface area contributed by atoms with Crippen LogP contribution in [0, 0.1) is 6.92 Å². The molecule has 94 valence electrons. The van der Waals surface area contributed by atoms with Gasteiger partial charge in [-0.15, -0.1) is 0 Å². The van der Waals surface area contributed by atoms with Crippen LogP contribution in [0.4, 0.5) is 0 Å². The summed E-state index contributed by atoms with van der Waals surface area (Å²) in [5, 5.41) is 0. The molecule has 3 nitrogen and oxygen atoms in total. The van der Waals surface area contributed by atoms with Crippen molar-refractivity contribution in [1.82, 2.24) is 0 Å². The van der Waals surface area contributed by atoms with Gasteiger partial charge in [-0.2, -0.15) is 0 Å². The van der Waals surface area contributed by atoms with E-state index in [-0.39, 0.29) is 6.10 Å². The predicted octanol–water partition coefficient (Wildman–Crippen LogP) is 2.40. The molecule has 0 bridgehead atoms. The van der Waals surface area contributed by atoms with E-state index in [0.717, 1.165) is 29.9 Å². The van der Waals surface area contributed by atoms with Crippen LogP contribution in [0.15, 0.2) is 18.2 Å². The molecule has 0 amide bonds. The molecule has 0 radical (unpaired) electrons. The summed E-state index contributed by atoms with van der Waals surface area (Å²) in [6, 6.07) is 6.09. The summed E-state index contributed by atoms with van der Waals surface area (Å²) < 4.78 is 11.6. The zero-order valence-corrected chi connectivity index (χ0v) is 10.4. The number of hydrogen-bond acceptors (Lipinski definition) is 3. The second kappa shape index (κ2) is 6.03. The molecule has 0 aliphatic carbocycles. The topological polar surface area (TPSA) is 44.5 Å². The number of benzene rings is 1. The highest BCUT2D eigenvalue weighted by atomic mass is 16.5. The lowest BCUT2D eigenvalue weighted by Gasteiger charge is -2.23. The van der Waals surface area contributed by atoms with Gasteiger partial charge in [0.05, 0.1) is 6.10 Å². The van der Waals surface area contributed by atoms with Gasteiger partial charge in [-0.3, -0.25) is 0 Å². The summed E-state index contributed by atoms with van der Waals surface area (Å²) >= 11 is 0. The van der Waals surface area contributed by atoms with Gasteiger partial charge >= 0.3 is 0 Å². The molecule has 1 aromatic carbocycles. The molecule has 0 spiro atoms. The molecule has 1 aliphatic heterocycles. The van der Waals surface area contributed by atoms with Crippen molar-refractivity contribution in [3.05, 3.63) is 29.3 Å². The van der Waals surface area contributed by atoms with Gasteiger partial charge in [-0.1, -0.05) is 18.2 Å². The summed E-state index contributed by atoms with van der Waals surface area (Å²) in [5.74, 6) is 0.934. The van der Waals surface area contributed by atoms with E-state index >= 15 is 0 Å². The molecule has 0 aromatic heterocycles. The quantitative estimate of drug-likeness (QED) is 0.871. The largest absolute Gasteiger partial charge is 0.490 e. The van der Waals surface area contributed by atoms with Crippen LogP contribution >= 0.6 is 0 Å². The minimum atomic E-state index is 0.244. The monoisotopic (exact) mass is 235 g/mol. The molecule has 1 saturated heterocycles. The van der Waals surface area contributed by atoms with E-state index in [4.69, 9.17) is 15.2 Å². The Kier molecular flexibility index (Phi) is 4.40. The zero-order chi connectivity index (χ0) is 12.1. The molecule has 1 unspecified atom stereocenters. The first-order valence-electron chi connectivity index (χ1n) is 6.34. The van der Waals surface area contributed by atoms with Crippen LogP contribution in [-0.2, 0) is 11.3 Å². The minimum absolute atomic E-state index is 0.244. The van der Waals surface area contributed by atoms with Gasteiger partial charge < -0.3 is 15.2 Å². The molecule has 1 heterocycles. The average molecular weight is 235 g/mol. The number of rotatable bonds is 4. The van der Waals surface area contributed by atoms with Gasteiger partial charge in [0, 0.05) is 18.7 Å². The molecule has 1 aromatic rings. The fourth-order valence-electron chi connectivity index (χ4n) is 2.20. The summed E-state index contributed by atoms with van der Waals surface area (Å²) in [4.78, 5) is 0. The van der Waals surface area contributed by atoms with Crippen molar-refractivity contribution in [3.8, 4) is 5.75 Å². The van der Waals surface area contributed by atoms with Gasteiger partial charge in [0.25, 0.3) is 0 Å². The summed E-state index contributed by atoms with van der Waals surface area (Å²) in [7, 11) is 0. The highest BCUT2D eigenvalue weighted by Crippen LogP contribution is 2.24. The number of ether oxygens (including phenoxy) is 2. The first-order valence-corrected chi connectivity index (χ1v) is 6.34. The SMILES string of the molecule is Cc1cccc(CN)c1OCC1CCCCO1. The second-order valence-corrected chi connectivity index (χ2v) is 4.57. The standard InChI is InChI=1S/C14H21NO2/c1-11-5-4-6-12(9-15)14(11)17-10-13-7-2-3-8-16-13/h4-6,13H,2-3,7-10,15H2,1H3. The molecule has 2 rings (SSSR count). The van der Waals surface area contributed by atoms with Gasteiger partial charge in [0.2, 0.25) is 0 Å². The molecule has 2 N–H and O–H groups in total. The molecule has 0 saturated carbocycles. The predicted molar refractivity (Wildman–Crippen MR) is 68.2 cm³/mol. The third-order valence-electron chi connectivity index (χ3n) is 3.20. The van der Waals surface area contributed by atoms with Crippen molar-refractivity contribution in [2.45, 2.75) is 38.8 Å². The number of para-hydroxylation sites is 1. The van der Waals surface area contributed by atoms with Crippen LogP contribution in [0.25, 0.3) is 0 Å². The minimum Gasteiger partial charge on any atom is -0.490 e. The Balaban J connectivity index is 1.97. The van der Waals surface area contributed by atoms with Crippen LogP contribution in [-0.4, -0.2) is 19.3 Å². The van der Waals surface area contributed by atoms with Crippen LogP contribution in [0.1, 0.15) is 30.4 Å². The molecule has 1 fully saturated rings. The number of aryl methyl sites for hydroxylation is 1. The smallest absolute Gasteiger partial charge is 0.126 e. The Bertz CT molecular complexity index is 359. The molecule has 1 atom stereocenters. The van der Waals surface area contributed by atoms with Crippen LogP contribution in [0.5, 0.6) is 5.75 Å². The van der Waals surface area contributed by atoms with Crippen molar-refractivity contribution in [3.63, 3.8) is 0 Å². The summed E-state index contributed by atoms with van der Waals surface area (Å²) in [6.07, 6.45) is 3.76. The van der Waals surface area contributed by atoms with Crippen LogP contribution in [0.3, 0.4) is 0 Å². The Morgan fingerprint density at radius 3 is 3.00 bits per heavy atom. The van der Waals surface area contributed by atoms with E-state index in [2.05, 4.69) is 13.0 Å². The van der Waals surface area contributed by atoms with Gasteiger partial charge in [0.15, 0.2) is 0 Å². The average Bonchev–Trinajstić information content (AvgIpc) is 2.38. The van der Waals surface area contributed by atoms with E-state index in [0.29, 0.717) is 13.2 Å². The Morgan fingerprint density at radius 2 is 2.29 bits per heavy atom. The maximum atomic E-state index is 5.89. The number of nitrogens with two attached hydrogens (primary N) is 1. The molecular weight excluding hydrogens is 214 g/mol. The fraction of sp³-hybridized carbons (Fsp3) is 0.571. The third-order valence-corrected chi connectivity index (χ3v) is 3.20. The van der Waals surface area contributed by atoms with Crippen LogP contribution < -0.4 is 10.5 Å². The van der Waals surface area contributed by atoms with Crippen LogP contribution in [0.2, 0.25) is 0 Å². The summed E-state index contributed by atoms with van der Waals surface area (Å²) in [5.41, 5.74) is 7.93. The van der Waals surface area contributed by atoms with Crippen molar-refractivity contribution in [1.29, 1.82) is 0 Å². The van der Waals surface area contributed by atoms with E-state index in [1.165, 1.54) is 12.8 Å². The molecular formula is C14H21NO2. The first kappa shape index (κ1) is 12.4. The van der Waals surface area contributed by atoms with Gasteiger partial charge in [-0.05, 0) is 31.7 Å². The number of hydrogen-bond donors (Lipinski definition) is 1.